The van der Waals surface area contributed by atoms with E-state index in [1.807, 2.05) is 0 Å². The molecule has 2 aliphatic heterocycles. The van der Waals surface area contributed by atoms with Crippen molar-refractivity contribution in [2.75, 3.05) is 66.1 Å². The molecule has 0 aromatic heterocycles. The Labute approximate surface area is 110 Å². The van der Waals surface area contributed by atoms with Crippen molar-refractivity contribution in [2.24, 2.45) is 0 Å². The van der Waals surface area contributed by atoms with E-state index in [0.717, 1.165) is 59.1 Å². The summed E-state index contributed by atoms with van der Waals surface area (Å²) in [7, 11) is 2.17. The third-order valence-electron chi connectivity index (χ3n) is 3.76. The molecule has 0 aromatic rings. The molecule has 0 amide bonds. The molecule has 0 spiro atoms. The van der Waals surface area contributed by atoms with Crippen LogP contribution in [0.1, 0.15) is 6.92 Å². The van der Waals surface area contributed by atoms with Crippen LogP contribution in [-0.4, -0.2) is 88.1 Å². The van der Waals surface area contributed by atoms with Gasteiger partial charge in [-0.25, -0.2) is 0 Å². The third kappa shape index (κ3) is 4.17. The first-order valence-corrected chi connectivity index (χ1v) is 7.12. The first-order chi connectivity index (χ1) is 8.79. The first kappa shape index (κ1) is 14.2. The van der Waals surface area contributed by atoms with Crippen LogP contribution >= 0.6 is 0 Å². The molecule has 5 heteroatoms. The van der Waals surface area contributed by atoms with Gasteiger partial charge in [0.05, 0.1) is 25.9 Å². The summed E-state index contributed by atoms with van der Waals surface area (Å²) in [5, 5.41) is 3.42. The number of morpholine rings is 2. The molecule has 0 aromatic carbocycles. The number of likely N-dealkylation sites (N-methyl/N-ethyl adjacent to an activating group) is 2. The fourth-order valence-electron chi connectivity index (χ4n) is 2.67. The van der Waals surface area contributed by atoms with E-state index in [1.165, 1.54) is 0 Å². The molecular weight excluding hydrogens is 230 g/mol. The average Bonchev–Trinajstić information content (AvgIpc) is 2.38. The lowest BCUT2D eigenvalue weighted by Gasteiger charge is -2.39. The normalized spacial score (nSPS) is 31.7. The average molecular weight is 257 g/mol. The van der Waals surface area contributed by atoms with Crippen molar-refractivity contribution in [3.63, 3.8) is 0 Å². The van der Waals surface area contributed by atoms with Gasteiger partial charge in [0, 0.05) is 38.8 Å². The number of nitrogens with one attached hydrogen (secondary N) is 1. The first-order valence-electron chi connectivity index (χ1n) is 7.12. The van der Waals surface area contributed by atoms with Gasteiger partial charge in [0.2, 0.25) is 0 Å². The molecule has 2 unspecified atom stereocenters. The zero-order valence-electron chi connectivity index (χ0n) is 11.7. The Morgan fingerprint density at radius 2 is 2.17 bits per heavy atom. The lowest BCUT2D eigenvalue weighted by atomic mass is 10.2. The predicted molar refractivity (Wildman–Crippen MR) is 72.0 cm³/mol. The van der Waals surface area contributed by atoms with Gasteiger partial charge >= 0.3 is 0 Å². The Morgan fingerprint density at radius 3 is 2.94 bits per heavy atom. The maximum atomic E-state index is 5.86. The van der Waals surface area contributed by atoms with Crippen LogP contribution in [0.25, 0.3) is 0 Å². The second kappa shape index (κ2) is 7.40. The van der Waals surface area contributed by atoms with Gasteiger partial charge in [0.15, 0.2) is 0 Å². The van der Waals surface area contributed by atoms with Gasteiger partial charge in [-0.15, -0.1) is 0 Å². The van der Waals surface area contributed by atoms with Crippen molar-refractivity contribution in [1.29, 1.82) is 0 Å². The van der Waals surface area contributed by atoms with Crippen LogP contribution in [-0.2, 0) is 9.47 Å². The molecule has 106 valence electrons. The number of hydrogen-bond donors (Lipinski definition) is 1. The number of ether oxygens (including phenoxy) is 2. The highest BCUT2D eigenvalue weighted by Crippen LogP contribution is 2.11. The van der Waals surface area contributed by atoms with E-state index < -0.39 is 0 Å². The molecule has 5 nitrogen and oxygen atoms in total. The maximum absolute atomic E-state index is 5.86. The molecule has 2 atom stereocenters. The van der Waals surface area contributed by atoms with Gasteiger partial charge in [-0.05, 0) is 13.6 Å². The topological polar surface area (TPSA) is 37.0 Å². The molecule has 1 N–H and O–H groups in total. The molecule has 2 aliphatic rings. The third-order valence-corrected chi connectivity index (χ3v) is 3.76. The molecular formula is C13H27N3O2. The van der Waals surface area contributed by atoms with Crippen LogP contribution in [0, 0.1) is 0 Å². The minimum atomic E-state index is 0.353. The summed E-state index contributed by atoms with van der Waals surface area (Å²) in [4.78, 5) is 4.88. The fourth-order valence-corrected chi connectivity index (χ4v) is 2.67. The van der Waals surface area contributed by atoms with Gasteiger partial charge in [0.1, 0.15) is 0 Å². The quantitative estimate of drug-likeness (QED) is 0.727. The molecule has 2 fully saturated rings. The molecule has 0 aliphatic carbocycles. The number of rotatable bonds is 5. The van der Waals surface area contributed by atoms with E-state index in [1.54, 1.807) is 0 Å². The van der Waals surface area contributed by atoms with Crippen LogP contribution < -0.4 is 5.32 Å². The van der Waals surface area contributed by atoms with Crippen LogP contribution in [0.5, 0.6) is 0 Å². The van der Waals surface area contributed by atoms with E-state index in [0.29, 0.717) is 12.1 Å². The van der Waals surface area contributed by atoms with Crippen LogP contribution in [0.3, 0.4) is 0 Å². The van der Waals surface area contributed by atoms with Crippen LogP contribution in [0.15, 0.2) is 0 Å². The van der Waals surface area contributed by atoms with Crippen molar-refractivity contribution in [3.05, 3.63) is 0 Å². The van der Waals surface area contributed by atoms with Gasteiger partial charge in [-0.1, -0.05) is 6.92 Å². The van der Waals surface area contributed by atoms with Gasteiger partial charge in [0.25, 0.3) is 0 Å². The minimum absolute atomic E-state index is 0.353. The van der Waals surface area contributed by atoms with E-state index in [9.17, 15) is 0 Å². The molecule has 2 rings (SSSR count). The highest BCUT2D eigenvalue weighted by Gasteiger charge is 2.27. The smallest absolute Gasteiger partial charge is 0.0829 e. The molecule has 18 heavy (non-hydrogen) atoms. The Morgan fingerprint density at radius 1 is 1.28 bits per heavy atom. The maximum Gasteiger partial charge on any atom is 0.0829 e. The van der Waals surface area contributed by atoms with Gasteiger partial charge < -0.3 is 19.7 Å². The van der Waals surface area contributed by atoms with Crippen molar-refractivity contribution >= 4 is 0 Å². The Balaban J connectivity index is 1.80. The minimum Gasteiger partial charge on any atom is -0.378 e. The summed E-state index contributed by atoms with van der Waals surface area (Å²) in [6.45, 7) is 10.9. The van der Waals surface area contributed by atoms with Crippen LogP contribution in [0.4, 0.5) is 0 Å². The van der Waals surface area contributed by atoms with E-state index in [-0.39, 0.29) is 0 Å². The van der Waals surface area contributed by atoms with Crippen molar-refractivity contribution < 1.29 is 9.47 Å². The number of hydrogen-bond acceptors (Lipinski definition) is 5. The standard InChI is InChI=1S/C13H27N3O2/c1-3-14-8-12-11-17-6-5-16(12)10-13-9-15(2)4-7-18-13/h12-14H,3-11H2,1-2H3. The fraction of sp³-hybridized carbons (Fsp3) is 1.00. The molecule has 0 radical (unpaired) electrons. The van der Waals surface area contributed by atoms with Crippen molar-refractivity contribution in [2.45, 2.75) is 19.1 Å². The SMILES string of the molecule is CCNCC1COCCN1CC1CN(C)CCO1. The molecule has 0 saturated carbocycles. The second-order valence-corrected chi connectivity index (χ2v) is 5.29. The Kier molecular flexibility index (Phi) is 5.85. The summed E-state index contributed by atoms with van der Waals surface area (Å²) >= 11 is 0. The van der Waals surface area contributed by atoms with Crippen LogP contribution in [0.2, 0.25) is 0 Å². The van der Waals surface area contributed by atoms with Crippen molar-refractivity contribution in [3.8, 4) is 0 Å². The molecule has 2 heterocycles. The summed E-state index contributed by atoms with van der Waals surface area (Å²) in [5.41, 5.74) is 0. The van der Waals surface area contributed by atoms with E-state index in [4.69, 9.17) is 9.47 Å². The van der Waals surface area contributed by atoms with E-state index in [2.05, 4.69) is 29.1 Å². The van der Waals surface area contributed by atoms with Gasteiger partial charge in [-0.3, -0.25) is 4.90 Å². The lowest BCUT2D eigenvalue weighted by Crippen LogP contribution is -2.55. The molecule has 2 saturated heterocycles. The Bertz CT molecular complexity index is 240. The largest absolute Gasteiger partial charge is 0.378 e. The highest BCUT2D eigenvalue weighted by atomic mass is 16.5. The zero-order chi connectivity index (χ0) is 12.8. The summed E-state index contributed by atoms with van der Waals surface area (Å²) in [6.07, 6.45) is 0.353. The Hall–Kier alpha value is -0.200. The summed E-state index contributed by atoms with van der Waals surface area (Å²) in [5.74, 6) is 0. The lowest BCUT2D eigenvalue weighted by molar-refractivity contribution is -0.0680. The summed E-state index contributed by atoms with van der Waals surface area (Å²) < 4.78 is 11.4. The van der Waals surface area contributed by atoms with Gasteiger partial charge in [-0.2, -0.15) is 0 Å². The van der Waals surface area contributed by atoms with Crippen molar-refractivity contribution in [1.82, 2.24) is 15.1 Å². The highest BCUT2D eigenvalue weighted by molar-refractivity contribution is 4.81. The summed E-state index contributed by atoms with van der Waals surface area (Å²) in [6, 6.07) is 0.495. The second-order valence-electron chi connectivity index (χ2n) is 5.29. The van der Waals surface area contributed by atoms with E-state index >= 15 is 0 Å². The molecule has 0 bridgehead atoms. The monoisotopic (exact) mass is 257 g/mol. The zero-order valence-corrected chi connectivity index (χ0v) is 11.7. The number of nitrogens with zero attached hydrogens (tertiary/aromatic N) is 2. The predicted octanol–water partition coefficient (Wildman–Crippen LogP) is -0.373.